The molecule has 0 radical (unpaired) electrons. The second-order valence-corrected chi connectivity index (χ2v) is 5.35. The summed E-state index contributed by atoms with van der Waals surface area (Å²) >= 11 is 3.43. The predicted octanol–water partition coefficient (Wildman–Crippen LogP) is 2.34. The number of halogens is 1. The number of nitrogens with zero attached hydrogens (tertiary/aromatic N) is 2. The molecule has 4 nitrogen and oxygen atoms in total. The lowest BCUT2D eigenvalue weighted by atomic mass is 10.2. The van der Waals surface area contributed by atoms with Gasteiger partial charge in [0, 0.05) is 38.1 Å². The molecule has 1 aromatic carbocycles. The van der Waals surface area contributed by atoms with Crippen molar-refractivity contribution in [3.8, 4) is 0 Å². The summed E-state index contributed by atoms with van der Waals surface area (Å²) in [6.45, 7) is 4.73. The summed E-state index contributed by atoms with van der Waals surface area (Å²) in [4.78, 5) is 16.0. The van der Waals surface area contributed by atoms with E-state index in [4.69, 9.17) is 4.74 Å². The fraction of sp³-hybridized carbons (Fsp3) is 0.500. The molecular weight excluding hydrogens is 308 g/mol. The number of alkyl halides is 1. The van der Waals surface area contributed by atoms with Gasteiger partial charge in [-0.15, -0.1) is 0 Å². The summed E-state index contributed by atoms with van der Waals surface area (Å²) in [5.41, 5.74) is 1.02. The minimum absolute atomic E-state index is 0.206. The van der Waals surface area contributed by atoms with Gasteiger partial charge < -0.3 is 9.64 Å². The van der Waals surface area contributed by atoms with Crippen molar-refractivity contribution in [3.05, 3.63) is 35.9 Å². The molecule has 0 unspecified atom stereocenters. The first kappa shape index (κ1) is 14.3. The van der Waals surface area contributed by atoms with Crippen molar-refractivity contribution in [3.63, 3.8) is 0 Å². The molecule has 0 bridgehead atoms. The number of ether oxygens (including phenoxy) is 1. The predicted molar refractivity (Wildman–Crippen MR) is 78.4 cm³/mol. The summed E-state index contributed by atoms with van der Waals surface area (Å²) in [5, 5.41) is 0.978. The highest BCUT2D eigenvalue weighted by Gasteiger charge is 2.21. The molecule has 0 saturated carbocycles. The van der Waals surface area contributed by atoms with Crippen LogP contribution < -0.4 is 0 Å². The van der Waals surface area contributed by atoms with Crippen LogP contribution in [-0.4, -0.2) is 53.9 Å². The van der Waals surface area contributed by atoms with Gasteiger partial charge in [-0.25, -0.2) is 4.79 Å². The van der Waals surface area contributed by atoms with E-state index in [-0.39, 0.29) is 6.09 Å². The largest absolute Gasteiger partial charge is 0.445 e. The van der Waals surface area contributed by atoms with Crippen LogP contribution in [0.3, 0.4) is 0 Å². The summed E-state index contributed by atoms with van der Waals surface area (Å²) in [7, 11) is 0. The Bertz CT molecular complexity index is 392. The first-order valence-corrected chi connectivity index (χ1v) is 7.65. The van der Waals surface area contributed by atoms with Gasteiger partial charge in [-0.05, 0) is 5.56 Å². The number of benzene rings is 1. The summed E-state index contributed by atoms with van der Waals surface area (Å²) in [6.07, 6.45) is -0.206. The molecule has 1 heterocycles. The number of carbonyl (C=O) groups excluding carboxylic acids is 1. The molecule has 0 spiro atoms. The van der Waals surface area contributed by atoms with Gasteiger partial charge in [0.25, 0.3) is 0 Å². The van der Waals surface area contributed by atoms with Crippen molar-refractivity contribution in [2.24, 2.45) is 0 Å². The van der Waals surface area contributed by atoms with Crippen molar-refractivity contribution < 1.29 is 9.53 Å². The molecule has 1 saturated heterocycles. The zero-order valence-corrected chi connectivity index (χ0v) is 12.5. The maximum absolute atomic E-state index is 11.9. The number of hydrogen-bond acceptors (Lipinski definition) is 3. The number of amides is 1. The van der Waals surface area contributed by atoms with Gasteiger partial charge in [-0.1, -0.05) is 46.3 Å². The molecule has 1 aliphatic heterocycles. The Kier molecular flexibility index (Phi) is 5.66. The van der Waals surface area contributed by atoms with Crippen molar-refractivity contribution in [1.82, 2.24) is 9.80 Å². The second-order valence-electron chi connectivity index (χ2n) is 4.56. The van der Waals surface area contributed by atoms with E-state index in [1.165, 1.54) is 0 Å². The molecule has 0 aliphatic carbocycles. The van der Waals surface area contributed by atoms with E-state index in [1.54, 1.807) is 4.90 Å². The summed E-state index contributed by atoms with van der Waals surface area (Å²) in [6, 6.07) is 9.77. The molecule has 104 valence electrons. The lowest BCUT2D eigenvalue weighted by Gasteiger charge is -2.33. The number of rotatable bonds is 4. The lowest BCUT2D eigenvalue weighted by Crippen LogP contribution is -2.49. The third-order valence-electron chi connectivity index (χ3n) is 3.24. The third kappa shape index (κ3) is 4.51. The van der Waals surface area contributed by atoms with E-state index in [9.17, 15) is 4.79 Å². The molecular formula is C14H19BrN2O2. The van der Waals surface area contributed by atoms with Gasteiger partial charge in [0.15, 0.2) is 0 Å². The molecule has 1 aliphatic rings. The van der Waals surface area contributed by atoms with Crippen LogP contribution in [0.15, 0.2) is 30.3 Å². The Morgan fingerprint density at radius 2 is 1.84 bits per heavy atom. The Morgan fingerprint density at radius 1 is 1.16 bits per heavy atom. The average molecular weight is 327 g/mol. The monoisotopic (exact) mass is 326 g/mol. The van der Waals surface area contributed by atoms with Gasteiger partial charge in [-0.2, -0.15) is 0 Å². The molecule has 19 heavy (non-hydrogen) atoms. The van der Waals surface area contributed by atoms with E-state index in [2.05, 4.69) is 20.8 Å². The van der Waals surface area contributed by atoms with Crippen molar-refractivity contribution in [2.45, 2.75) is 6.61 Å². The first-order chi connectivity index (χ1) is 9.29. The fourth-order valence-corrected chi connectivity index (χ4v) is 2.59. The zero-order chi connectivity index (χ0) is 13.5. The van der Waals surface area contributed by atoms with Crippen LogP contribution in [0.25, 0.3) is 0 Å². The molecule has 0 atom stereocenters. The van der Waals surface area contributed by atoms with Gasteiger partial charge in [0.05, 0.1) is 0 Å². The smallest absolute Gasteiger partial charge is 0.410 e. The van der Waals surface area contributed by atoms with Crippen LogP contribution in [0.2, 0.25) is 0 Å². The highest BCUT2D eigenvalue weighted by atomic mass is 79.9. The third-order valence-corrected chi connectivity index (χ3v) is 3.59. The quantitative estimate of drug-likeness (QED) is 0.796. The van der Waals surface area contributed by atoms with E-state index >= 15 is 0 Å². The highest BCUT2D eigenvalue weighted by molar-refractivity contribution is 9.09. The van der Waals surface area contributed by atoms with Crippen LogP contribution >= 0.6 is 15.9 Å². The van der Waals surface area contributed by atoms with Crippen LogP contribution in [0.1, 0.15) is 5.56 Å². The summed E-state index contributed by atoms with van der Waals surface area (Å²) < 4.78 is 5.32. The SMILES string of the molecule is O=C(OCc1ccccc1)N1CCN(CCBr)CC1. The summed E-state index contributed by atoms with van der Waals surface area (Å²) in [5.74, 6) is 0. The molecule has 1 aromatic rings. The number of piperazine rings is 1. The van der Waals surface area contributed by atoms with E-state index in [1.807, 2.05) is 30.3 Å². The molecule has 1 amide bonds. The molecule has 2 rings (SSSR count). The second kappa shape index (κ2) is 7.50. The van der Waals surface area contributed by atoms with E-state index in [0.29, 0.717) is 6.61 Å². The van der Waals surface area contributed by atoms with Gasteiger partial charge in [-0.3, -0.25) is 4.90 Å². The van der Waals surface area contributed by atoms with E-state index in [0.717, 1.165) is 43.6 Å². The van der Waals surface area contributed by atoms with E-state index < -0.39 is 0 Å². The zero-order valence-electron chi connectivity index (χ0n) is 10.9. The van der Waals surface area contributed by atoms with Crippen molar-refractivity contribution in [1.29, 1.82) is 0 Å². The minimum atomic E-state index is -0.206. The normalized spacial score (nSPS) is 16.4. The minimum Gasteiger partial charge on any atom is -0.445 e. The maximum Gasteiger partial charge on any atom is 0.410 e. The Hall–Kier alpha value is -1.07. The average Bonchev–Trinajstić information content (AvgIpc) is 2.47. The topological polar surface area (TPSA) is 32.8 Å². The number of hydrogen-bond donors (Lipinski definition) is 0. The van der Waals surface area contributed by atoms with Crippen LogP contribution in [0, 0.1) is 0 Å². The lowest BCUT2D eigenvalue weighted by molar-refractivity contribution is 0.0731. The Balaban J connectivity index is 1.73. The van der Waals surface area contributed by atoms with Crippen LogP contribution in [0.5, 0.6) is 0 Å². The van der Waals surface area contributed by atoms with Crippen LogP contribution in [0.4, 0.5) is 4.79 Å². The highest BCUT2D eigenvalue weighted by Crippen LogP contribution is 2.07. The number of carbonyl (C=O) groups is 1. The Labute approximate surface area is 122 Å². The van der Waals surface area contributed by atoms with Crippen molar-refractivity contribution in [2.75, 3.05) is 38.1 Å². The molecule has 5 heteroatoms. The maximum atomic E-state index is 11.9. The molecule has 0 aromatic heterocycles. The molecule has 1 fully saturated rings. The standard InChI is InChI=1S/C14H19BrN2O2/c15-6-7-16-8-10-17(11-9-16)14(18)19-12-13-4-2-1-3-5-13/h1-5H,6-12H2. The van der Waals surface area contributed by atoms with Crippen molar-refractivity contribution >= 4 is 22.0 Å². The fourth-order valence-electron chi connectivity index (χ4n) is 2.08. The first-order valence-electron chi connectivity index (χ1n) is 6.53. The van der Waals surface area contributed by atoms with Crippen LogP contribution in [-0.2, 0) is 11.3 Å². The molecule has 0 N–H and O–H groups in total. The van der Waals surface area contributed by atoms with Gasteiger partial charge in [0.2, 0.25) is 0 Å². The van der Waals surface area contributed by atoms with Gasteiger partial charge >= 0.3 is 6.09 Å². The van der Waals surface area contributed by atoms with Gasteiger partial charge in [0.1, 0.15) is 6.61 Å². The Morgan fingerprint density at radius 3 is 2.47 bits per heavy atom.